The second-order valence-corrected chi connectivity index (χ2v) is 8.52. The van der Waals surface area contributed by atoms with Crippen LogP contribution in [0, 0.1) is 20.8 Å². The number of benzene rings is 1. The predicted octanol–water partition coefficient (Wildman–Crippen LogP) is 5.31. The van der Waals surface area contributed by atoms with Gasteiger partial charge in [-0.1, -0.05) is 35.5 Å². The summed E-state index contributed by atoms with van der Waals surface area (Å²) in [6, 6.07) is 14.0. The molecule has 1 aromatic carbocycles. The SMILES string of the molecule is CCn1c(SCC(=O)c2cc(C)n(Cc3ccco3)c2C)nnc1-c1cccc(C)c1. The lowest BCUT2D eigenvalue weighted by Crippen LogP contribution is -2.08. The van der Waals surface area contributed by atoms with Gasteiger partial charge in [-0.05, 0) is 52.0 Å². The van der Waals surface area contributed by atoms with E-state index in [-0.39, 0.29) is 5.78 Å². The van der Waals surface area contributed by atoms with Gasteiger partial charge in [0.15, 0.2) is 16.8 Å². The number of carbonyl (C=O) groups excluding carboxylic acids is 1. The molecule has 0 saturated heterocycles. The van der Waals surface area contributed by atoms with Gasteiger partial charge < -0.3 is 13.6 Å². The number of carbonyl (C=O) groups is 1. The highest BCUT2D eigenvalue weighted by Gasteiger charge is 2.19. The molecule has 6 nitrogen and oxygen atoms in total. The first-order valence-electron chi connectivity index (χ1n) is 10.3. The quantitative estimate of drug-likeness (QED) is 0.278. The molecule has 0 radical (unpaired) electrons. The molecule has 3 heterocycles. The molecule has 0 aliphatic rings. The molecular formula is C24H26N4O2S. The smallest absolute Gasteiger partial charge is 0.191 e. The summed E-state index contributed by atoms with van der Waals surface area (Å²) < 4.78 is 9.64. The second kappa shape index (κ2) is 8.98. The van der Waals surface area contributed by atoms with E-state index in [2.05, 4.69) is 45.3 Å². The second-order valence-electron chi connectivity index (χ2n) is 7.58. The summed E-state index contributed by atoms with van der Waals surface area (Å²) in [6.07, 6.45) is 1.67. The average molecular weight is 435 g/mol. The van der Waals surface area contributed by atoms with E-state index < -0.39 is 0 Å². The van der Waals surface area contributed by atoms with Crippen molar-refractivity contribution in [3.8, 4) is 11.4 Å². The number of ketones is 1. The fourth-order valence-corrected chi connectivity index (χ4v) is 4.66. The number of hydrogen-bond donors (Lipinski definition) is 0. The van der Waals surface area contributed by atoms with Crippen LogP contribution in [0.1, 0.15) is 40.0 Å². The largest absolute Gasteiger partial charge is 0.467 e. The van der Waals surface area contributed by atoms with Gasteiger partial charge in [-0.3, -0.25) is 4.79 Å². The van der Waals surface area contributed by atoms with Crippen molar-refractivity contribution in [1.82, 2.24) is 19.3 Å². The summed E-state index contributed by atoms with van der Waals surface area (Å²) in [4.78, 5) is 13.0. The maximum absolute atomic E-state index is 13.0. The molecule has 0 fully saturated rings. The van der Waals surface area contributed by atoms with Crippen molar-refractivity contribution in [2.24, 2.45) is 0 Å². The van der Waals surface area contributed by atoms with Crippen molar-refractivity contribution in [3.05, 3.63) is 77.0 Å². The van der Waals surface area contributed by atoms with E-state index in [4.69, 9.17) is 4.42 Å². The number of thioether (sulfide) groups is 1. The lowest BCUT2D eigenvalue weighted by atomic mass is 10.1. The van der Waals surface area contributed by atoms with Crippen molar-refractivity contribution in [3.63, 3.8) is 0 Å². The molecule has 0 spiro atoms. The Labute approximate surface area is 186 Å². The first kappa shape index (κ1) is 21.2. The van der Waals surface area contributed by atoms with E-state index in [9.17, 15) is 4.79 Å². The molecule has 3 aromatic heterocycles. The van der Waals surface area contributed by atoms with Gasteiger partial charge >= 0.3 is 0 Å². The monoisotopic (exact) mass is 434 g/mol. The molecule has 0 N–H and O–H groups in total. The summed E-state index contributed by atoms with van der Waals surface area (Å²) in [5.41, 5.74) is 4.96. The normalized spacial score (nSPS) is 11.2. The summed E-state index contributed by atoms with van der Waals surface area (Å²) in [5, 5.41) is 9.51. The summed E-state index contributed by atoms with van der Waals surface area (Å²) in [7, 11) is 0. The van der Waals surface area contributed by atoms with Crippen LogP contribution in [-0.4, -0.2) is 30.9 Å². The van der Waals surface area contributed by atoms with Gasteiger partial charge in [-0.15, -0.1) is 10.2 Å². The topological polar surface area (TPSA) is 65.8 Å². The molecular weight excluding hydrogens is 408 g/mol. The molecule has 0 aliphatic carbocycles. The summed E-state index contributed by atoms with van der Waals surface area (Å²) in [5.74, 6) is 2.11. The van der Waals surface area contributed by atoms with Gasteiger partial charge in [0.05, 0.1) is 18.6 Å². The zero-order valence-corrected chi connectivity index (χ0v) is 19.1. The lowest BCUT2D eigenvalue weighted by molar-refractivity contribution is 0.102. The maximum Gasteiger partial charge on any atom is 0.191 e. The number of Topliss-reactive ketones (excluding diaryl/α,β-unsaturated/α-hetero) is 1. The molecule has 7 heteroatoms. The average Bonchev–Trinajstić information content (AvgIpc) is 3.48. The van der Waals surface area contributed by atoms with Crippen molar-refractivity contribution >= 4 is 17.5 Å². The Kier molecular flexibility index (Phi) is 6.13. The molecule has 4 aromatic rings. The van der Waals surface area contributed by atoms with Crippen LogP contribution in [0.4, 0.5) is 0 Å². The standard InChI is InChI=1S/C24H26N4O2S/c1-5-27-23(19-9-6-8-16(2)12-19)25-26-24(27)31-15-22(29)21-13-17(3)28(18(21)4)14-20-10-7-11-30-20/h6-13H,5,14-15H2,1-4H3. The molecule has 0 saturated carbocycles. The minimum Gasteiger partial charge on any atom is -0.467 e. The van der Waals surface area contributed by atoms with Crippen LogP contribution in [0.15, 0.2) is 58.3 Å². The molecule has 0 unspecified atom stereocenters. The van der Waals surface area contributed by atoms with Gasteiger partial charge in [0.1, 0.15) is 5.76 Å². The van der Waals surface area contributed by atoms with Gasteiger partial charge in [0.2, 0.25) is 0 Å². The minimum absolute atomic E-state index is 0.0894. The Morgan fingerprint density at radius 1 is 1.06 bits per heavy atom. The Hall–Kier alpha value is -3.06. The molecule has 31 heavy (non-hydrogen) atoms. The first-order chi connectivity index (χ1) is 15.0. The van der Waals surface area contributed by atoms with Crippen molar-refractivity contribution < 1.29 is 9.21 Å². The summed E-state index contributed by atoms with van der Waals surface area (Å²) in [6.45, 7) is 9.49. The Morgan fingerprint density at radius 2 is 1.90 bits per heavy atom. The highest BCUT2D eigenvalue weighted by atomic mass is 32.2. The van der Waals surface area contributed by atoms with E-state index in [0.29, 0.717) is 12.3 Å². The van der Waals surface area contributed by atoms with Crippen molar-refractivity contribution in [2.75, 3.05) is 5.75 Å². The maximum atomic E-state index is 13.0. The fourth-order valence-electron chi connectivity index (χ4n) is 3.77. The number of furan rings is 1. The van der Waals surface area contributed by atoms with Gasteiger partial charge in [0, 0.05) is 29.1 Å². The zero-order chi connectivity index (χ0) is 22.0. The molecule has 4 rings (SSSR count). The Balaban J connectivity index is 1.51. The van der Waals surface area contributed by atoms with Crippen LogP contribution in [0.2, 0.25) is 0 Å². The van der Waals surface area contributed by atoms with Crippen LogP contribution in [0.5, 0.6) is 0 Å². The third-order valence-corrected chi connectivity index (χ3v) is 6.38. The van der Waals surface area contributed by atoms with Gasteiger partial charge in [0.25, 0.3) is 0 Å². The molecule has 0 bridgehead atoms. The zero-order valence-electron chi connectivity index (χ0n) is 18.3. The third-order valence-electron chi connectivity index (χ3n) is 5.41. The number of rotatable bonds is 8. The van der Waals surface area contributed by atoms with Crippen LogP contribution < -0.4 is 0 Å². The van der Waals surface area contributed by atoms with E-state index in [0.717, 1.165) is 45.8 Å². The minimum atomic E-state index is 0.0894. The van der Waals surface area contributed by atoms with Crippen molar-refractivity contribution in [1.29, 1.82) is 0 Å². The third kappa shape index (κ3) is 4.37. The number of hydrogen-bond acceptors (Lipinski definition) is 5. The first-order valence-corrected chi connectivity index (χ1v) is 11.3. The van der Waals surface area contributed by atoms with E-state index >= 15 is 0 Å². The molecule has 0 amide bonds. The van der Waals surface area contributed by atoms with Crippen LogP contribution in [0.3, 0.4) is 0 Å². The van der Waals surface area contributed by atoms with E-state index in [1.54, 1.807) is 6.26 Å². The predicted molar refractivity (Wildman–Crippen MR) is 123 cm³/mol. The highest BCUT2D eigenvalue weighted by molar-refractivity contribution is 7.99. The lowest BCUT2D eigenvalue weighted by Gasteiger charge is -2.09. The molecule has 0 atom stereocenters. The van der Waals surface area contributed by atoms with Crippen LogP contribution in [0.25, 0.3) is 11.4 Å². The van der Waals surface area contributed by atoms with E-state index in [1.807, 2.05) is 44.2 Å². The van der Waals surface area contributed by atoms with Gasteiger partial charge in [-0.25, -0.2) is 0 Å². The summed E-state index contributed by atoms with van der Waals surface area (Å²) >= 11 is 1.44. The number of aromatic nitrogens is 4. The fraction of sp³-hybridized carbons (Fsp3) is 0.292. The Bertz CT molecular complexity index is 1200. The Morgan fingerprint density at radius 3 is 2.61 bits per heavy atom. The number of aryl methyl sites for hydroxylation is 2. The highest BCUT2D eigenvalue weighted by Crippen LogP contribution is 2.26. The molecule has 160 valence electrons. The number of nitrogens with zero attached hydrogens (tertiary/aromatic N) is 4. The van der Waals surface area contributed by atoms with Crippen LogP contribution >= 0.6 is 11.8 Å². The molecule has 0 aliphatic heterocycles. The van der Waals surface area contributed by atoms with Crippen molar-refractivity contribution in [2.45, 2.75) is 45.9 Å². The van der Waals surface area contributed by atoms with Crippen LogP contribution in [-0.2, 0) is 13.1 Å². The van der Waals surface area contributed by atoms with Gasteiger partial charge in [-0.2, -0.15) is 0 Å². The van der Waals surface area contributed by atoms with E-state index in [1.165, 1.54) is 17.3 Å².